The summed E-state index contributed by atoms with van der Waals surface area (Å²) < 4.78 is 5.77. The van der Waals surface area contributed by atoms with Crippen molar-refractivity contribution < 1.29 is 4.74 Å². The highest BCUT2D eigenvalue weighted by Gasteiger charge is 2.00. The summed E-state index contributed by atoms with van der Waals surface area (Å²) in [6.45, 7) is 7.98. The minimum absolute atomic E-state index is 0.560. The van der Waals surface area contributed by atoms with Crippen LogP contribution in [0, 0.1) is 0 Å². The third-order valence-electron chi connectivity index (χ3n) is 2.73. The number of hydrogen-bond acceptors (Lipinski definition) is 2. The number of ether oxygens (including phenoxy) is 1. The van der Waals surface area contributed by atoms with Gasteiger partial charge in [-0.1, -0.05) is 37.3 Å². The summed E-state index contributed by atoms with van der Waals surface area (Å²) in [4.78, 5) is 0. The van der Waals surface area contributed by atoms with Crippen molar-refractivity contribution in [3.8, 4) is 5.75 Å². The maximum Gasteiger partial charge on any atom is 0.126 e. The molecule has 1 N–H and O–H groups in total. The molecule has 0 aromatic heterocycles. The predicted molar refractivity (Wildman–Crippen MR) is 74.4 cm³/mol. The summed E-state index contributed by atoms with van der Waals surface area (Å²) in [7, 11) is 0. The van der Waals surface area contributed by atoms with Gasteiger partial charge in [0.15, 0.2) is 0 Å². The standard InChI is InChI=1S/C15H23NO/c1-4-8-14-9-6-7-10-15(14)17-12-11-16-13(3)5-2/h4,6-10,13,16H,5,11-12H2,1-3H3. The average molecular weight is 233 g/mol. The van der Waals surface area contributed by atoms with Crippen LogP contribution in [0.5, 0.6) is 5.75 Å². The van der Waals surface area contributed by atoms with Gasteiger partial charge in [-0.15, -0.1) is 0 Å². The van der Waals surface area contributed by atoms with Crippen LogP contribution in [-0.4, -0.2) is 19.2 Å². The van der Waals surface area contributed by atoms with Gasteiger partial charge in [0.1, 0.15) is 12.4 Å². The van der Waals surface area contributed by atoms with Crippen LogP contribution in [0.4, 0.5) is 0 Å². The monoisotopic (exact) mass is 233 g/mol. The SMILES string of the molecule is CC=Cc1ccccc1OCCNC(C)CC. The molecule has 1 atom stereocenters. The summed E-state index contributed by atoms with van der Waals surface area (Å²) in [5, 5.41) is 3.41. The highest BCUT2D eigenvalue weighted by molar-refractivity contribution is 5.56. The molecular formula is C15H23NO. The molecule has 0 saturated carbocycles. The molecule has 0 heterocycles. The summed E-state index contributed by atoms with van der Waals surface area (Å²) in [5.41, 5.74) is 1.14. The molecule has 2 nitrogen and oxygen atoms in total. The normalized spacial score (nSPS) is 12.9. The van der Waals surface area contributed by atoms with E-state index in [2.05, 4.69) is 31.3 Å². The van der Waals surface area contributed by atoms with Gasteiger partial charge in [-0.05, 0) is 26.3 Å². The molecule has 1 aromatic carbocycles. The quantitative estimate of drug-likeness (QED) is 0.728. The van der Waals surface area contributed by atoms with Crippen LogP contribution in [0.15, 0.2) is 30.3 Å². The van der Waals surface area contributed by atoms with E-state index in [0.717, 1.165) is 24.3 Å². The topological polar surface area (TPSA) is 21.3 Å². The van der Waals surface area contributed by atoms with Gasteiger partial charge in [0.2, 0.25) is 0 Å². The first-order valence-corrected chi connectivity index (χ1v) is 6.35. The fourth-order valence-electron chi connectivity index (χ4n) is 1.54. The highest BCUT2D eigenvalue weighted by atomic mass is 16.5. The van der Waals surface area contributed by atoms with Gasteiger partial charge in [-0.2, -0.15) is 0 Å². The van der Waals surface area contributed by atoms with Crippen LogP contribution in [0.25, 0.3) is 6.08 Å². The molecule has 0 bridgehead atoms. The summed E-state index contributed by atoms with van der Waals surface area (Å²) in [6, 6.07) is 8.67. The molecule has 1 aromatic rings. The molecule has 94 valence electrons. The van der Waals surface area contributed by atoms with Crippen molar-refractivity contribution in [3.63, 3.8) is 0 Å². The Kier molecular flexibility index (Phi) is 6.41. The third-order valence-corrected chi connectivity index (χ3v) is 2.73. The Morgan fingerprint density at radius 1 is 1.35 bits per heavy atom. The van der Waals surface area contributed by atoms with Gasteiger partial charge in [0.25, 0.3) is 0 Å². The van der Waals surface area contributed by atoms with Gasteiger partial charge >= 0.3 is 0 Å². The first kappa shape index (κ1) is 13.8. The number of nitrogens with one attached hydrogen (secondary N) is 1. The van der Waals surface area contributed by atoms with Gasteiger partial charge in [-0.25, -0.2) is 0 Å². The first-order valence-electron chi connectivity index (χ1n) is 6.35. The number of allylic oxidation sites excluding steroid dienone is 1. The highest BCUT2D eigenvalue weighted by Crippen LogP contribution is 2.19. The average Bonchev–Trinajstić information content (AvgIpc) is 2.36. The van der Waals surface area contributed by atoms with Crippen LogP contribution < -0.4 is 10.1 Å². The third kappa shape index (κ3) is 5.05. The summed E-state index contributed by atoms with van der Waals surface area (Å²) >= 11 is 0. The van der Waals surface area contributed by atoms with E-state index in [1.807, 2.05) is 31.2 Å². The largest absolute Gasteiger partial charge is 0.492 e. The molecule has 0 saturated heterocycles. The second kappa shape index (κ2) is 7.91. The van der Waals surface area contributed by atoms with Crippen molar-refractivity contribution >= 4 is 6.08 Å². The van der Waals surface area contributed by atoms with E-state index in [1.54, 1.807) is 0 Å². The molecule has 1 rings (SSSR count). The zero-order valence-electron chi connectivity index (χ0n) is 11.1. The van der Waals surface area contributed by atoms with E-state index in [1.165, 1.54) is 0 Å². The van der Waals surface area contributed by atoms with Gasteiger partial charge in [-0.3, -0.25) is 0 Å². The Morgan fingerprint density at radius 2 is 2.12 bits per heavy atom. The molecule has 0 aliphatic rings. The van der Waals surface area contributed by atoms with Crippen molar-refractivity contribution in [2.24, 2.45) is 0 Å². The van der Waals surface area contributed by atoms with E-state index >= 15 is 0 Å². The lowest BCUT2D eigenvalue weighted by Crippen LogP contribution is -2.29. The Bertz CT molecular complexity index is 347. The molecule has 0 radical (unpaired) electrons. The molecule has 0 aliphatic heterocycles. The number of rotatable bonds is 7. The number of hydrogen-bond donors (Lipinski definition) is 1. The second-order valence-corrected chi connectivity index (χ2v) is 4.15. The van der Waals surface area contributed by atoms with Crippen LogP contribution in [0.2, 0.25) is 0 Å². The molecule has 2 heteroatoms. The molecule has 0 spiro atoms. The maximum atomic E-state index is 5.77. The Morgan fingerprint density at radius 3 is 2.82 bits per heavy atom. The minimum atomic E-state index is 0.560. The van der Waals surface area contributed by atoms with E-state index in [-0.39, 0.29) is 0 Å². The van der Waals surface area contributed by atoms with Crippen molar-refractivity contribution in [2.45, 2.75) is 33.2 Å². The van der Waals surface area contributed by atoms with Crippen LogP contribution in [0.3, 0.4) is 0 Å². The van der Waals surface area contributed by atoms with Crippen LogP contribution in [0.1, 0.15) is 32.8 Å². The lowest BCUT2D eigenvalue weighted by Gasteiger charge is -2.13. The van der Waals surface area contributed by atoms with Crippen molar-refractivity contribution in [1.29, 1.82) is 0 Å². The van der Waals surface area contributed by atoms with Crippen molar-refractivity contribution in [1.82, 2.24) is 5.32 Å². The molecule has 0 amide bonds. The first-order chi connectivity index (χ1) is 8.27. The van der Waals surface area contributed by atoms with E-state index in [0.29, 0.717) is 12.6 Å². The van der Waals surface area contributed by atoms with Crippen molar-refractivity contribution in [2.75, 3.05) is 13.2 Å². The minimum Gasteiger partial charge on any atom is -0.492 e. The smallest absolute Gasteiger partial charge is 0.126 e. The van der Waals surface area contributed by atoms with Crippen LogP contribution >= 0.6 is 0 Å². The van der Waals surface area contributed by atoms with Gasteiger partial charge in [0, 0.05) is 18.2 Å². The Hall–Kier alpha value is -1.28. The van der Waals surface area contributed by atoms with Crippen molar-refractivity contribution in [3.05, 3.63) is 35.9 Å². The van der Waals surface area contributed by atoms with E-state index < -0.39 is 0 Å². The number of benzene rings is 1. The number of para-hydroxylation sites is 1. The van der Waals surface area contributed by atoms with E-state index in [4.69, 9.17) is 4.74 Å². The van der Waals surface area contributed by atoms with Gasteiger partial charge in [0.05, 0.1) is 0 Å². The van der Waals surface area contributed by atoms with Gasteiger partial charge < -0.3 is 10.1 Å². The lowest BCUT2D eigenvalue weighted by molar-refractivity contribution is 0.305. The zero-order valence-corrected chi connectivity index (χ0v) is 11.1. The van der Waals surface area contributed by atoms with Crippen LogP contribution in [-0.2, 0) is 0 Å². The lowest BCUT2D eigenvalue weighted by atomic mass is 10.2. The Balaban J connectivity index is 2.41. The molecule has 0 aliphatic carbocycles. The molecule has 0 fully saturated rings. The van der Waals surface area contributed by atoms with E-state index in [9.17, 15) is 0 Å². The summed E-state index contributed by atoms with van der Waals surface area (Å²) in [5.74, 6) is 0.955. The predicted octanol–water partition coefficient (Wildman–Crippen LogP) is 3.49. The Labute approximate surface area is 105 Å². The fourth-order valence-corrected chi connectivity index (χ4v) is 1.54. The molecule has 1 unspecified atom stereocenters. The zero-order chi connectivity index (χ0) is 12.5. The fraction of sp³-hybridized carbons (Fsp3) is 0.467. The molecule has 17 heavy (non-hydrogen) atoms. The second-order valence-electron chi connectivity index (χ2n) is 4.15. The molecular weight excluding hydrogens is 210 g/mol. The summed E-state index contributed by atoms with van der Waals surface area (Å²) in [6.07, 6.45) is 5.24. The maximum absolute atomic E-state index is 5.77.